The molecule has 2 aliphatic rings. The predicted octanol–water partition coefficient (Wildman–Crippen LogP) is 3.85. The second kappa shape index (κ2) is 12.1. The molecule has 1 aromatic heterocycles. The minimum Gasteiger partial charge on any atom is -0.455 e. The van der Waals surface area contributed by atoms with Gasteiger partial charge in [-0.1, -0.05) is 23.9 Å². The highest BCUT2D eigenvalue weighted by Gasteiger charge is 2.49. The van der Waals surface area contributed by atoms with Crippen LogP contribution < -0.4 is 21.1 Å². The first-order chi connectivity index (χ1) is 20.1. The summed E-state index contributed by atoms with van der Waals surface area (Å²) in [6.45, 7) is 0.695. The number of nitrogens with zero attached hydrogens (tertiary/aromatic N) is 1. The van der Waals surface area contributed by atoms with Crippen molar-refractivity contribution in [1.29, 1.82) is 5.41 Å². The van der Waals surface area contributed by atoms with Crippen LogP contribution in [0.25, 0.3) is 0 Å². The maximum Gasteiger partial charge on any atom is 0.251 e. The van der Waals surface area contributed by atoms with Crippen LogP contribution >= 0.6 is 23.1 Å². The number of carbonyl (C=O) groups is 3. The number of thiophene rings is 1. The third kappa shape index (κ3) is 6.27. The van der Waals surface area contributed by atoms with E-state index < -0.39 is 42.0 Å². The van der Waals surface area contributed by atoms with Crippen LogP contribution in [-0.4, -0.2) is 67.0 Å². The first kappa shape index (κ1) is 29.5. The van der Waals surface area contributed by atoms with Gasteiger partial charge in [-0.2, -0.15) is 0 Å². The molecule has 0 saturated carbocycles. The molecule has 3 aromatic rings. The molecule has 2 aromatic carbocycles. The third-order valence-corrected chi connectivity index (χ3v) is 9.26. The molecule has 0 aliphatic carbocycles. The van der Waals surface area contributed by atoms with Crippen molar-refractivity contribution in [2.75, 3.05) is 26.8 Å². The van der Waals surface area contributed by atoms with Gasteiger partial charge >= 0.3 is 0 Å². The molecule has 1 fully saturated rings. The summed E-state index contributed by atoms with van der Waals surface area (Å²) in [6.07, 6.45) is -0.247. The Kier molecular flexibility index (Phi) is 8.53. The Hall–Kier alpha value is -3.94. The zero-order chi connectivity index (χ0) is 30.0. The fourth-order valence-electron chi connectivity index (χ4n) is 4.93. The molecule has 42 heavy (non-hydrogen) atoms. The molecule has 3 heterocycles. The molecular formula is C29H30FN5O5S2. The number of rotatable bonds is 9. The first-order valence-corrected chi connectivity index (χ1v) is 14.8. The SMILES string of the molecule is COC[C@@]1(F)C[C@@H](C(=O)NC(C)c2cc(C(=N)N)cs2)N(C(=O)CNC(=O)c2ccc3c(c2)Oc2ccccc2S3)C1. The quantitative estimate of drug-likeness (QED) is 0.166. The molecule has 1 saturated heterocycles. The number of carbonyl (C=O) groups excluding carboxylic acids is 3. The number of hydrogen-bond acceptors (Lipinski definition) is 8. The third-order valence-electron chi connectivity index (χ3n) is 7.03. The highest BCUT2D eigenvalue weighted by molar-refractivity contribution is 7.99. The number of methoxy groups -OCH3 is 1. The van der Waals surface area contributed by atoms with Crippen LogP contribution in [0.3, 0.4) is 0 Å². The van der Waals surface area contributed by atoms with Gasteiger partial charge in [-0.05, 0) is 43.3 Å². The molecular weight excluding hydrogens is 581 g/mol. The van der Waals surface area contributed by atoms with Crippen LogP contribution in [0.5, 0.6) is 11.5 Å². The predicted molar refractivity (Wildman–Crippen MR) is 157 cm³/mol. The number of amidine groups is 1. The normalized spacial score (nSPS) is 19.7. The van der Waals surface area contributed by atoms with E-state index in [0.29, 0.717) is 22.6 Å². The van der Waals surface area contributed by atoms with E-state index in [9.17, 15) is 14.4 Å². The molecule has 220 valence electrons. The van der Waals surface area contributed by atoms with Crippen molar-refractivity contribution in [2.45, 2.75) is 40.9 Å². The minimum atomic E-state index is -1.92. The Labute approximate surface area is 250 Å². The van der Waals surface area contributed by atoms with Gasteiger partial charge in [-0.3, -0.25) is 19.8 Å². The number of hydrogen-bond donors (Lipinski definition) is 4. The second-order valence-electron chi connectivity index (χ2n) is 10.2. The minimum absolute atomic E-state index is 0.0837. The van der Waals surface area contributed by atoms with Crippen molar-refractivity contribution in [1.82, 2.24) is 15.5 Å². The van der Waals surface area contributed by atoms with E-state index in [1.807, 2.05) is 24.3 Å². The molecule has 5 N–H and O–H groups in total. The summed E-state index contributed by atoms with van der Waals surface area (Å²) in [4.78, 5) is 43.2. The number of nitrogen functional groups attached to an aromatic ring is 1. The molecule has 13 heteroatoms. The summed E-state index contributed by atoms with van der Waals surface area (Å²) in [5.41, 5.74) is 4.46. The Morgan fingerprint density at radius 3 is 2.69 bits per heavy atom. The van der Waals surface area contributed by atoms with Gasteiger partial charge in [0.1, 0.15) is 23.4 Å². The smallest absolute Gasteiger partial charge is 0.251 e. The van der Waals surface area contributed by atoms with Crippen molar-refractivity contribution >= 4 is 46.7 Å². The number of halogens is 1. The highest BCUT2D eigenvalue weighted by Crippen LogP contribution is 2.47. The van der Waals surface area contributed by atoms with Crippen LogP contribution in [0.1, 0.15) is 40.2 Å². The number of benzene rings is 2. The molecule has 1 unspecified atom stereocenters. The number of alkyl halides is 1. The lowest BCUT2D eigenvalue weighted by Gasteiger charge is -2.25. The average Bonchev–Trinajstić information content (AvgIpc) is 3.60. The fraction of sp³-hybridized carbons (Fsp3) is 0.310. The summed E-state index contributed by atoms with van der Waals surface area (Å²) in [7, 11) is 1.35. The van der Waals surface area contributed by atoms with Crippen LogP contribution in [-0.2, 0) is 14.3 Å². The van der Waals surface area contributed by atoms with Gasteiger partial charge in [0.05, 0.1) is 35.5 Å². The lowest BCUT2D eigenvalue weighted by atomic mass is 10.0. The molecule has 2 aliphatic heterocycles. The zero-order valence-electron chi connectivity index (χ0n) is 22.9. The Bertz CT molecular complexity index is 1550. The molecule has 3 amide bonds. The van der Waals surface area contributed by atoms with E-state index in [0.717, 1.165) is 19.6 Å². The maximum atomic E-state index is 15.6. The molecule has 0 spiro atoms. The summed E-state index contributed by atoms with van der Waals surface area (Å²) in [6, 6.07) is 12.8. The van der Waals surface area contributed by atoms with E-state index in [1.165, 1.54) is 30.2 Å². The molecule has 5 rings (SSSR count). The summed E-state index contributed by atoms with van der Waals surface area (Å²) in [5, 5.41) is 14.7. The largest absolute Gasteiger partial charge is 0.455 e. The van der Waals surface area contributed by atoms with Gasteiger partial charge < -0.3 is 30.7 Å². The molecule has 0 bridgehead atoms. The van der Waals surface area contributed by atoms with Gasteiger partial charge in [0.2, 0.25) is 11.8 Å². The monoisotopic (exact) mass is 611 g/mol. The van der Waals surface area contributed by atoms with Crippen LogP contribution in [0.15, 0.2) is 63.7 Å². The Morgan fingerprint density at radius 1 is 1.19 bits per heavy atom. The van der Waals surface area contributed by atoms with E-state index in [-0.39, 0.29) is 25.4 Å². The van der Waals surface area contributed by atoms with E-state index in [4.69, 9.17) is 20.6 Å². The number of nitrogens with one attached hydrogen (secondary N) is 3. The lowest BCUT2D eigenvalue weighted by Crippen LogP contribution is -2.49. The van der Waals surface area contributed by atoms with Crippen molar-refractivity contribution < 1.29 is 28.2 Å². The van der Waals surface area contributed by atoms with Crippen molar-refractivity contribution in [3.63, 3.8) is 0 Å². The number of nitrogens with two attached hydrogens (primary N) is 1. The van der Waals surface area contributed by atoms with Gasteiger partial charge in [-0.15, -0.1) is 11.3 Å². The van der Waals surface area contributed by atoms with Crippen molar-refractivity contribution in [3.05, 3.63) is 69.9 Å². The Morgan fingerprint density at radius 2 is 1.95 bits per heavy atom. The Balaban J connectivity index is 1.24. The van der Waals surface area contributed by atoms with Crippen LogP contribution in [0.4, 0.5) is 4.39 Å². The maximum absolute atomic E-state index is 15.6. The number of para-hydroxylation sites is 1. The van der Waals surface area contributed by atoms with Gasteiger partial charge in [0.15, 0.2) is 5.67 Å². The summed E-state index contributed by atoms with van der Waals surface area (Å²) >= 11 is 2.87. The van der Waals surface area contributed by atoms with E-state index in [1.54, 1.807) is 36.6 Å². The van der Waals surface area contributed by atoms with E-state index in [2.05, 4.69) is 10.6 Å². The van der Waals surface area contributed by atoms with Crippen LogP contribution in [0.2, 0.25) is 0 Å². The van der Waals surface area contributed by atoms with Crippen molar-refractivity contribution in [3.8, 4) is 11.5 Å². The number of fused-ring (bicyclic) bond motifs is 2. The summed E-state index contributed by atoms with van der Waals surface area (Å²) < 4.78 is 26.6. The second-order valence-corrected chi connectivity index (χ2v) is 12.2. The molecule has 10 nitrogen and oxygen atoms in total. The highest BCUT2D eigenvalue weighted by atomic mass is 32.2. The lowest BCUT2D eigenvalue weighted by molar-refractivity contribution is -0.138. The van der Waals surface area contributed by atoms with Gasteiger partial charge in [-0.25, -0.2) is 4.39 Å². The van der Waals surface area contributed by atoms with Crippen molar-refractivity contribution in [2.24, 2.45) is 5.73 Å². The fourth-order valence-corrected chi connectivity index (χ4v) is 6.77. The number of likely N-dealkylation sites (tertiary alicyclic amines) is 1. The van der Waals surface area contributed by atoms with Gasteiger partial charge in [0.25, 0.3) is 5.91 Å². The topological polar surface area (TPSA) is 147 Å². The average molecular weight is 612 g/mol. The number of ether oxygens (including phenoxy) is 2. The first-order valence-electron chi connectivity index (χ1n) is 13.1. The van der Waals surface area contributed by atoms with E-state index >= 15 is 4.39 Å². The van der Waals surface area contributed by atoms with Crippen LogP contribution in [0, 0.1) is 5.41 Å². The molecule has 3 atom stereocenters. The zero-order valence-corrected chi connectivity index (χ0v) is 24.6. The molecule has 0 radical (unpaired) electrons. The summed E-state index contributed by atoms with van der Waals surface area (Å²) in [5.74, 6) is -0.486. The standard InChI is InChI=1S/C29H30FN5O5S2/c1-16(24-10-18(13-41-24)26(31)32)34-28(38)19-11-29(30,15-39-2)14-35(19)25(36)12-33-27(37)17-7-8-23-21(9-17)40-20-5-3-4-6-22(20)42-23/h3-10,13,16,19H,11-12,14-15H2,1-2H3,(H3,31,32)(H,33,37)(H,34,38)/t16?,19-,29+/m0/s1. The van der Waals surface area contributed by atoms with Gasteiger partial charge in [0, 0.05) is 34.9 Å². The number of amides is 3.